The highest BCUT2D eigenvalue weighted by Gasteiger charge is 2.11. The molecule has 9 heteroatoms. The van der Waals surface area contributed by atoms with Gasteiger partial charge in [-0.2, -0.15) is 0 Å². The van der Waals surface area contributed by atoms with Gasteiger partial charge in [0, 0.05) is 18.3 Å². The minimum Gasteiger partial charge on any atom is -0.365 e. The molecule has 1 heterocycles. The molecule has 0 amide bonds. The smallest absolute Gasteiger partial charge is 0.350 e. The SMILES string of the molecule is Cc1cn(C/C=C\COCP(=O)(O)O)c(=O)[nH]c1=O. The zero-order chi connectivity index (χ0) is 14.5. The first-order chi connectivity index (χ1) is 8.79. The Kier molecular flexibility index (Phi) is 5.44. The summed E-state index contributed by atoms with van der Waals surface area (Å²) < 4.78 is 16.5. The van der Waals surface area contributed by atoms with Crippen LogP contribution in [0.15, 0.2) is 27.9 Å². The van der Waals surface area contributed by atoms with Gasteiger partial charge in [-0.15, -0.1) is 0 Å². The minimum atomic E-state index is -4.14. The lowest BCUT2D eigenvalue weighted by Crippen LogP contribution is -2.30. The van der Waals surface area contributed by atoms with Crippen LogP contribution in [-0.4, -0.2) is 32.3 Å². The maximum atomic E-state index is 11.4. The van der Waals surface area contributed by atoms with Crippen LogP contribution in [0.2, 0.25) is 0 Å². The predicted octanol–water partition coefficient (Wildman–Crippen LogP) is -0.447. The number of H-pyrrole nitrogens is 1. The summed E-state index contributed by atoms with van der Waals surface area (Å²) in [5.74, 6) is 0. The number of allylic oxidation sites excluding steroid dienone is 1. The fourth-order valence-corrected chi connectivity index (χ4v) is 1.59. The number of aromatic nitrogens is 2. The van der Waals surface area contributed by atoms with Crippen LogP contribution in [0.4, 0.5) is 0 Å². The van der Waals surface area contributed by atoms with E-state index in [1.54, 1.807) is 13.0 Å². The van der Waals surface area contributed by atoms with E-state index < -0.39 is 25.2 Å². The Morgan fingerprint density at radius 1 is 1.42 bits per heavy atom. The average molecular weight is 290 g/mol. The third-order valence-corrected chi connectivity index (χ3v) is 2.65. The largest absolute Gasteiger partial charge is 0.365 e. The van der Waals surface area contributed by atoms with Gasteiger partial charge in [0.15, 0.2) is 0 Å². The summed E-state index contributed by atoms with van der Waals surface area (Å²) in [5.41, 5.74) is -0.516. The van der Waals surface area contributed by atoms with Crippen molar-refractivity contribution in [1.29, 1.82) is 0 Å². The van der Waals surface area contributed by atoms with Gasteiger partial charge in [-0.3, -0.25) is 18.9 Å². The van der Waals surface area contributed by atoms with Crippen LogP contribution in [0.5, 0.6) is 0 Å². The molecule has 1 aromatic heterocycles. The summed E-state index contributed by atoms with van der Waals surface area (Å²) in [6.45, 7) is 1.85. The highest BCUT2D eigenvalue weighted by atomic mass is 31.2. The molecule has 0 spiro atoms. The van der Waals surface area contributed by atoms with Gasteiger partial charge in [0.05, 0.1) is 6.61 Å². The topological polar surface area (TPSA) is 122 Å². The molecule has 3 N–H and O–H groups in total. The quantitative estimate of drug-likeness (QED) is 0.371. The first-order valence-electron chi connectivity index (χ1n) is 5.37. The average Bonchev–Trinajstić information content (AvgIpc) is 2.28. The highest BCUT2D eigenvalue weighted by molar-refractivity contribution is 7.51. The van der Waals surface area contributed by atoms with Crippen molar-refractivity contribution in [2.24, 2.45) is 0 Å². The van der Waals surface area contributed by atoms with E-state index >= 15 is 0 Å². The van der Waals surface area contributed by atoms with Crippen LogP contribution in [0, 0.1) is 6.92 Å². The molecule has 0 radical (unpaired) electrons. The van der Waals surface area contributed by atoms with Crippen molar-refractivity contribution in [3.05, 3.63) is 44.8 Å². The Hall–Kier alpha value is -1.47. The summed E-state index contributed by atoms with van der Waals surface area (Å²) in [5, 5.41) is 0. The molecule has 0 unspecified atom stereocenters. The molecule has 0 aliphatic heterocycles. The number of nitrogens with zero attached hydrogens (tertiary/aromatic N) is 1. The number of aryl methyl sites for hydroxylation is 1. The first-order valence-corrected chi connectivity index (χ1v) is 7.17. The third-order valence-electron chi connectivity index (χ3n) is 2.13. The van der Waals surface area contributed by atoms with Gasteiger partial charge < -0.3 is 14.5 Å². The fraction of sp³-hybridized carbons (Fsp3) is 0.400. The van der Waals surface area contributed by atoms with Gasteiger partial charge in [0.2, 0.25) is 0 Å². The second-order valence-electron chi connectivity index (χ2n) is 3.86. The maximum absolute atomic E-state index is 11.4. The van der Waals surface area contributed by atoms with Crippen LogP contribution in [0.25, 0.3) is 0 Å². The summed E-state index contributed by atoms with van der Waals surface area (Å²) in [6, 6.07) is 0. The van der Waals surface area contributed by atoms with E-state index in [4.69, 9.17) is 14.5 Å². The standard InChI is InChI=1S/C10H15N2O6P/c1-8-6-12(10(14)11-9(8)13)4-2-3-5-18-7-19(15,16)17/h2-3,6H,4-5,7H2,1H3,(H,11,13,14)(H2,15,16,17)/b3-2-. The van der Waals surface area contributed by atoms with E-state index in [9.17, 15) is 14.2 Å². The van der Waals surface area contributed by atoms with E-state index in [2.05, 4.69) is 4.98 Å². The Labute approximate surface area is 108 Å². The van der Waals surface area contributed by atoms with Crippen LogP contribution in [0.3, 0.4) is 0 Å². The first kappa shape index (κ1) is 15.6. The summed E-state index contributed by atoms with van der Waals surface area (Å²) in [7, 11) is -4.14. The molecule has 0 bridgehead atoms. The number of hydrogen-bond donors (Lipinski definition) is 3. The van der Waals surface area contributed by atoms with E-state index in [-0.39, 0.29) is 13.2 Å². The van der Waals surface area contributed by atoms with Crippen LogP contribution < -0.4 is 11.2 Å². The Balaban J connectivity index is 2.49. The van der Waals surface area contributed by atoms with E-state index in [0.29, 0.717) is 5.56 Å². The van der Waals surface area contributed by atoms with Crippen molar-refractivity contribution in [3.63, 3.8) is 0 Å². The number of hydrogen-bond acceptors (Lipinski definition) is 4. The molecule has 0 saturated heterocycles. The van der Waals surface area contributed by atoms with E-state index in [0.717, 1.165) is 0 Å². The molecule has 106 valence electrons. The number of rotatable bonds is 6. The van der Waals surface area contributed by atoms with Crippen molar-refractivity contribution in [2.75, 3.05) is 13.0 Å². The third kappa shape index (κ3) is 5.80. The Morgan fingerprint density at radius 3 is 2.74 bits per heavy atom. The lowest BCUT2D eigenvalue weighted by molar-refractivity contribution is 0.184. The predicted molar refractivity (Wildman–Crippen MR) is 68.1 cm³/mol. The Bertz CT molecular complexity index is 611. The second kappa shape index (κ2) is 6.63. The molecule has 0 atom stereocenters. The van der Waals surface area contributed by atoms with Gasteiger partial charge in [-0.05, 0) is 6.92 Å². The molecule has 0 fully saturated rings. The number of ether oxygens (including phenoxy) is 1. The molecule has 0 saturated carbocycles. The highest BCUT2D eigenvalue weighted by Crippen LogP contribution is 2.33. The summed E-state index contributed by atoms with van der Waals surface area (Å²) in [4.78, 5) is 41.7. The molecular formula is C10H15N2O6P. The Morgan fingerprint density at radius 2 is 2.11 bits per heavy atom. The van der Waals surface area contributed by atoms with Crippen molar-refractivity contribution >= 4 is 7.60 Å². The summed E-state index contributed by atoms with van der Waals surface area (Å²) in [6.07, 6.45) is 3.92. The molecule has 1 rings (SSSR count). The van der Waals surface area contributed by atoms with Gasteiger partial charge in [0.25, 0.3) is 5.56 Å². The molecule has 0 aromatic carbocycles. The van der Waals surface area contributed by atoms with Crippen molar-refractivity contribution in [2.45, 2.75) is 13.5 Å². The van der Waals surface area contributed by atoms with E-state index in [1.807, 2.05) is 0 Å². The van der Waals surface area contributed by atoms with Crippen LogP contribution >= 0.6 is 7.60 Å². The van der Waals surface area contributed by atoms with Gasteiger partial charge in [-0.25, -0.2) is 4.79 Å². The van der Waals surface area contributed by atoms with Crippen molar-refractivity contribution in [3.8, 4) is 0 Å². The molecule has 0 aliphatic rings. The van der Waals surface area contributed by atoms with Gasteiger partial charge in [-0.1, -0.05) is 12.2 Å². The fourth-order valence-electron chi connectivity index (χ4n) is 1.25. The molecule has 8 nitrogen and oxygen atoms in total. The molecule has 1 aromatic rings. The van der Waals surface area contributed by atoms with Gasteiger partial charge >= 0.3 is 13.3 Å². The normalized spacial score (nSPS) is 12.2. The van der Waals surface area contributed by atoms with Gasteiger partial charge in [0.1, 0.15) is 6.35 Å². The zero-order valence-electron chi connectivity index (χ0n) is 10.3. The van der Waals surface area contributed by atoms with Crippen molar-refractivity contribution in [1.82, 2.24) is 9.55 Å². The second-order valence-corrected chi connectivity index (χ2v) is 5.45. The lowest BCUT2D eigenvalue weighted by atomic mass is 10.4. The number of aromatic amines is 1. The molecule has 19 heavy (non-hydrogen) atoms. The maximum Gasteiger partial charge on any atom is 0.350 e. The summed E-state index contributed by atoms with van der Waals surface area (Å²) >= 11 is 0. The van der Waals surface area contributed by atoms with Crippen LogP contribution in [0.1, 0.15) is 5.56 Å². The monoisotopic (exact) mass is 290 g/mol. The minimum absolute atomic E-state index is 0.0300. The van der Waals surface area contributed by atoms with Crippen LogP contribution in [-0.2, 0) is 15.8 Å². The van der Waals surface area contributed by atoms with E-state index in [1.165, 1.54) is 16.8 Å². The van der Waals surface area contributed by atoms with Crippen molar-refractivity contribution < 1.29 is 19.1 Å². The number of nitrogens with one attached hydrogen (secondary N) is 1. The molecular weight excluding hydrogens is 275 g/mol. The lowest BCUT2D eigenvalue weighted by Gasteiger charge is -2.03. The zero-order valence-corrected chi connectivity index (χ0v) is 11.2. The molecule has 0 aliphatic carbocycles.